The van der Waals surface area contributed by atoms with Gasteiger partial charge >= 0.3 is 19.2 Å². The van der Waals surface area contributed by atoms with E-state index < -0.39 is 66.4 Å². The molecular weight excluding hydrogens is 633 g/mol. The molecule has 2 N–H and O–H groups in total. The number of benzene rings is 2. The van der Waals surface area contributed by atoms with Crippen LogP contribution in [0.4, 0.5) is 4.79 Å². The van der Waals surface area contributed by atoms with Crippen LogP contribution in [0.3, 0.4) is 0 Å². The SMILES string of the molecule is COC(=O)C(Cc1ccc(OC)c(B2OC(C)(C)C(C)(C)O2)c1)NC(=O)CNC(=O)C(c1ccc(OC)c(C)c1)N(C)C(=O)OC(C)(C)C. The molecule has 3 rings (SSSR count). The molecule has 0 aliphatic carbocycles. The third-order valence-corrected chi connectivity index (χ3v) is 8.54. The molecule has 2 aromatic rings. The molecule has 0 bridgehead atoms. The lowest BCUT2D eigenvalue weighted by Gasteiger charge is -2.32. The lowest BCUT2D eigenvalue weighted by Crippen LogP contribution is -2.49. The van der Waals surface area contributed by atoms with Gasteiger partial charge in [-0.3, -0.25) is 14.5 Å². The van der Waals surface area contributed by atoms with Gasteiger partial charge in [-0.25, -0.2) is 9.59 Å². The van der Waals surface area contributed by atoms with Gasteiger partial charge in [-0.2, -0.15) is 0 Å². The zero-order chi connectivity index (χ0) is 36.9. The maximum Gasteiger partial charge on any atom is 0.498 e. The van der Waals surface area contributed by atoms with E-state index in [0.29, 0.717) is 28.1 Å². The van der Waals surface area contributed by atoms with Crippen LogP contribution < -0.4 is 25.6 Å². The van der Waals surface area contributed by atoms with Crippen molar-refractivity contribution in [2.24, 2.45) is 0 Å². The smallest absolute Gasteiger partial charge is 0.497 e. The predicted octanol–water partition coefficient (Wildman–Crippen LogP) is 3.24. The summed E-state index contributed by atoms with van der Waals surface area (Å²) in [5.74, 6) is -0.806. The van der Waals surface area contributed by atoms with Gasteiger partial charge in [-0.05, 0) is 90.3 Å². The highest BCUT2D eigenvalue weighted by molar-refractivity contribution is 6.63. The highest BCUT2D eigenvalue weighted by Gasteiger charge is 2.52. The number of hydrogen-bond acceptors (Lipinski definition) is 10. The Labute approximate surface area is 289 Å². The van der Waals surface area contributed by atoms with Gasteiger partial charge in [0.2, 0.25) is 11.8 Å². The number of carbonyl (C=O) groups excluding carboxylic acids is 4. The van der Waals surface area contributed by atoms with Crippen LogP contribution >= 0.6 is 0 Å². The van der Waals surface area contributed by atoms with Gasteiger partial charge in [0.1, 0.15) is 29.2 Å². The van der Waals surface area contributed by atoms with E-state index in [-0.39, 0.29) is 6.42 Å². The molecule has 14 heteroatoms. The van der Waals surface area contributed by atoms with Crippen LogP contribution in [-0.4, -0.2) is 93.7 Å². The van der Waals surface area contributed by atoms with Gasteiger partial charge in [0.25, 0.3) is 0 Å². The minimum atomic E-state index is -1.14. The standard InChI is InChI=1S/C35H50BN3O10/c1-21-17-23(14-16-26(21)44-10)29(39(9)32(43)47-33(2,3)4)30(41)37-20-28(40)38-25(31(42)46-12)19-22-13-15-27(45-11)24(18-22)36-48-34(5,6)35(7,8)49-36/h13-18,25,29H,19-20H2,1-12H3,(H,37,41)(H,38,40). The number of nitrogens with one attached hydrogen (secondary N) is 2. The molecule has 268 valence electrons. The van der Waals surface area contributed by atoms with E-state index in [1.165, 1.54) is 21.3 Å². The first-order chi connectivity index (χ1) is 22.7. The summed E-state index contributed by atoms with van der Waals surface area (Å²) in [6.07, 6.45) is -0.659. The van der Waals surface area contributed by atoms with Gasteiger partial charge in [-0.1, -0.05) is 18.2 Å². The maximum absolute atomic E-state index is 13.6. The fraction of sp³-hybridized carbons (Fsp3) is 0.543. The van der Waals surface area contributed by atoms with E-state index in [4.69, 9.17) is 28.3 Å². The second-order valence-corrected chi connectivity index (χ2v) is 14.0. The Hall–Kier alpha value is -4.30. The number of hydrogen-bond donors (Lipinski definition) is 2. The Morgan fingerprint density at radius 1 is 0.918 bits per heavy atom. The first kappa shape index (κ1) is 39.1. The number of aryl methyl sites for hydroxylation is 1. The van der Waals surface area contributed by atoms with Gasteiger partial charge in [0.05, 0.1) is 39.1 Å². The summed E-state index contributed by atoms with van der Waals surface area (Å²) in [6, 6.07) is 8.17. The Morgan fingerprint density at radius 3 is 2.04 bits per heavy atom. The fourth-order valence-corrected chi connectivity index (χ4v) is 5.21. The molecule has 1 aliphatic heterocycles. The van der Waals surface area contributed by atoms with Crippen molar-refractivity contribution in [1.29, 1.82) is 0 Å². The average molecular weight is 684 g/mol. The van der Waals surface area contributed by atoms with E-state index in [9.17, 15) is 19.2 Å². The molecule has 3 amide bonds. The highest BCUT2D eigenvalue weighted by Crippen LogP contribution is 2.37. The Balaban J connectivity index is 1.79. The number of amides is 3. The number of nitrogens with zero attached hydrogens (tertiary/aromatic N) is 1. The number of esters is 1. The Morgan fingerprint density at radius 2 is 1.51 bits per heavy atom. The quantitative estimate of drug-likeness (QED) is 0.252. The van der Waals surface area contributed by atoms with Gasteiger partial charge in [0.15, 0.2) is 0 Å². The Bertz CT molecular complexity index is 1520. The molecule has 2 unspecified atom stereocenters. The van der Waals surface area contributed by atoms with Crippen LogP contribution in [0.5, 0.6) is 11.5 Å². The summed E-state index contributed by atoms with van der Waals surface area (Å²) < 4.78 is 33.8. The van der Waals surface area contributed by atoms with Crippen LogP contribution in [0, 0.1) is 6.92 Å². The summed E-state index contributed by atoms with van der Waals surface area (Å²) in [5, 5.41) is 5.25. The molecule has 1 heterocycles. The number of likely N-dealkylation sites (N-methyl/N-ethyl adjacent to an activating group) is 1. The largest absolute Gasteiger partial charge is 0.498 e. The van der Waals surface area contributed by atoms with Gasteiger partial charge in [0, 0.05) is 18.9 Å². The molecule has 0 spiro atoms. The van der Waals surface area contributed by atoms with Crippen LogP contribution in [0.25, 0.3) is 0 Å². The predicted molar refractivity (Wildman–Crippen MR) is 184 cm³/mol. The molecule has 0 aromatic heterocycles. The third-order valence-electron chi connectivity index (χ3n) is 8.54. The van der Waals surface area contributed by atoms with Crippen molar-refractivity contribution in [2.45, 2.75) is 90.7 Å². The second kappa shape index (κ2) is 15.5. The molecule has 2 aromatic carbocycles. The number of carbonyl (C=O) groups is 4. The zero-order valence-electron chi connectivity index (χ0n) is 30.6. The van der Waals surface area contributed by atoms with Crippen molar-refractivity contribution >= 4 is 36.5 Å². The molecule has 49 heavy (non-hydrogen) atoms. The van der Waals surface area contributed by atoms with Crippen molar-refractivity contribution in [2.75, 3.05) is 34.9 Å². The summed E-state index contributed by atoms with van der Waals surface area (Å²) in [6.45, 7) is 14.3. The average Bonchev–Trinajstić information content (AvgIpc) is 3.24. The van der Waals surface area contributed by atoms with Crippen molar-refractivity contribution in [1.82, 2.24) is 15.5 Å². The van der Waals surface area contributed by atoms with Crippen LogP contribution in [-0.2, 0) is 39.6 Å². The number of ether oxygens (including phenoxy) is 4. The topological polar surface area (TPSA) is 151 Å². The summed E-state index contributed by atoms with van der Waals surface area (Å²) in [7, 11) is 5.02. The first-order valence-electron chi connectivity index (χ1n) is 16.0. The molecule has 13 nitrogen and oxygen atoms in total. The molecule has 0 saturated carbocycles. The minimum Gasteiger partial charge on any atom is -0.497 e. The van der Waals surface area contributed by atoms with Crippen molar-refractivity contribution in [3.05, 3.63) is 53.1 Å². The lowest BCUT2D eigenvalue weighted by molar-refractivity contribution is -0.145. The minimum absolute atomic E-state index is 0.0675. The summed E-state index contributed by atoms with van der Waals surface area (Å²) in [4.78, 5) is 53.8. The van der Waals surface area contributed by atoms with E-state index in [2.05, 4.69) is 10.6 Å². The molecule has 2 atom stereocenters. The molecule has 1 saturated heterocycles. The molecule has 1 fully saturated rings. The van der Waals surface area contributed by atoms with Gasteiger partial charge in [-0.15, -0.1) is 0 Å². The zero-order valence-corrected chi connectivity index (χ0v) is 30.6. The van der Waals surface area contributed by atoms with E-state index in [1.54, 1.807) is 64.3 Å². The van der Waals surface area contributed by atoms with Crippen LogP contribution in [0.2, 0.25) is 0 Å². The van der Waals surface area contributed by atoms with E-state index in [0.717, 1.165) is 10.5 Å². The van der Waals surface area contributed by atoms with Crippen molar-refractivity contribution in [3.63, 3.8) is 0 Å². The van der Waals surface area contributed by atoms with Gasteiger partial charge < -0.3 is 38.9 Å². The molecular formula is C35H50BN3O10. The lowest BCUT2D eigenvalue weighted by atomic mass is 9.77. The maximum atomic E-state index is 13.6. The first-order valence-corrected chi connectivity index (χ1v) is 16.0. The third kappa shape index (κ3) is 9.66. The van der Waals surface area contributed by atoms with E-state index >= 15 is 0 Å². The summed E-state index contributed by atoms with van der Waals surface area (Å²) >= 11 is 0. The number of rotatable bonds is 12. The fourth-order valence-electron chi connectivity index (χ4n) is 5.21. The van der Waals surface area contributed by atoms with Crippen LogP contribution in [0.15, 0.2) is 36.4 Å². The normalized spacial score (nSPS) is 16.2. The second-order valence-electron chi connectivity index (χ2n) is 14.0. The van der Waals surface area contributed by atoms with Crippen LogP contribution in [0.1, 0.15) is 71.2 Å². The van der Waals surface area contributed by atoms with E-state index in [1.807, 2.05) is 34.6 Å². The summed E-state index contributed by atoms with van der Waals surface area (Å²) in [5.41, 5.74) is 0.564. The number of methoxy groups -OCH3 is 3. The Kier molecular flexibility index (Phi) is 12.4. The van der Waals surface area contributed by atoms with Crippen molar-refractivity contribution in [3.8, 4) is 11.5 Å². The van der Waals surface area contributed by atoms with Crippen molar-refractivity contribution < 1.29 is 47.4 Å². The molecule has 1 aliphatic rings. The monoisotopic (exact) mass is 683 g/mol. The highest BCUT2D eigenvalue weighted by atomic mass is 16.7. The molecule has 0 radical (unpaired) electrons.